The first-order chi connectivity index (χ1) is 8.21. The van der Waals surface area contributed by atoms with E-state index in [4.69, 9.17) is 0 Å². The Morgan fingerprint density at radius 3 is 2.94 bits per heavy atom. The maximum absolute atomic E-state index is 12.0. The monoisotopic (exact) mass is 237 g/mol. The number of anilines is 1. The molecular formula is C12H19N3O2. The summed E-state index contributed by atoms with van der Waals surface area (Å²) in [5.41, 5.74) is -0.0948. The summed E-state index contributed by atoms with van der Waals surface area (Å²) in [7, 11) is 0. The minimum atomic E-state index is -0.0805. The van der Waals surface area contributed by atoms with Crippen LogP contribution in [-0.2, 0) is 6.54 Å². The molecule has 0 aliphatic heterocycles. The van der Waals surface area contributed by atoms with Crippen LogP contribution in [-0.4, -0.2) is 27.8 Å². The van der Waals surface area contributed by atoms with Crippen molar-refractivity contribution in [1.29, 1.82) is 0 Å². The molecule has 5 nitrogen and oxygen atoms in total. The predicted molar refractivity (Wildman–Crippen MR) is 66.0 cm³/mol. The van der Waals surface area contributed by atoms with Crippen LogP contribution in [0.15, 0.2) is 17.2 Å². The number of aliphatic hydroxyl groups excluding tert-OH is 1. The average Bonchev–Trinajstić information content (AvgIpc) is 3.11. The van der Waals surface area contributed by atoms with Gasteiger partial charge in [0, 0.05) is 30.9 Å². The molecule has 0 atom stereocenters. The SMILES string of the molecule is CCCn1ccnc(NCC2(CO)CC2)c1=O. The zero-order valence-corrected chi connectivity index (χ0v) is 10.1. The van der Waals surface area contributed by atoms with Crippen molar-refractivity contribution in [3.8, 4) is 0 Å². The fourth-order valence-corrected chi connectivity index (χ4v) is 1.82. The number of nitrogens with zero attached hydrogens (tertiary/aromatic N) is 2. The van der Waals surface area contributed by atoms with Crippen molar-refractivity contribution in [2.45, 2.75) is 32.7 Å². The average molecular weight is 237 g/mol. The molecule has 1 aromatic rings. The third kappa shape index (κ3) is 2.66. The fourth-order valence-electron chi connectivity index (χ4n) is 1.82. The first-order valence-corrected chi connectivity index (χ1v) is 6.11. The van der Waals surface area contributed by atoms with Gasteiger partial charge in [-0.3, -0.25) is 4.79 Å². The van der Waals surface area contributed by atoms with Gasteiger partial charge in [-0.25, -0.2) is 4.98 Å². The minimum absolute atomic E-state index is 0.0143. The zero-order chi connectivity index (χ0) is 12.3. The van der Waals surface area contributed by atoms with Gasteiger partial charge in [0.15, 0.2) is 5.82 Å². The topological polar surface area (TPSA) is 67.2 Å². The lowest BCUT2D eigenvalue weighted by Gasteiger charge is -2.13. The van der Waals surface area contributed by atoms with Crippen LogP contribution in [0.5, 0.6) is 0 Å². The smallest absolute Gasteiger partial charge is 0.293 e. The molecule has 1 heterocycles. The Morgan fingerprint density at radius 1 is 1.59 bits per heavy atom. The summed E-state index contributed by atoms with van der Waals surface area (Å²) in [6, 6.07) is 0. The molecule has 1 aromatic heterocycles. The molecule has 0 amide bonds. The molecule has 0 aromatic carbocycles. The summed E-state index contributed by atoms with van der Waals surface area (Å²) < 4.78 is 1.66. The van der Waals surface area contributed by atoms with Gasteiger partial charge in [0.25, 0.3) is 5.56 Å². The predicted octanol–water partition coefficient (Wildman–Crippen LogP) is 0.838. The molecule has 0 spiro atoms. The highest BCUT2D eigenvalue weighted by Crippen LogP contribution is 2.44. The van der Waals surface area contributed by atoms with Gasteiger partial charge in [0.1, 0.15) is 0 Å². The molecule has 1 aliphatic rings. The van der Waals surface area contributed by atoms with E-state index in [1.165, 1.54) is 0 Å². The van der Waals surface area contributed by atoms with Crippen LogP contribution >= 0.6 is 0 Å². The molecule has 0 unspecified atom stereocenters. The van der Waals surface area contributed by atoms with Crippen molar-refractivity contribution in [1.82, 2.24) is 9.55 Å². The highest BCUT2D eigenvalue weighted by Gasteiger charge is 2.41. The van der Waals surface area contributed by atoms with Gasteiger partial charge in [-0.05, 0) is 19.3 Å². The zero-order valence-electron chi connectivity index (χ0n) is 10.1. The third-order valence-electron chi connectivity index (χ3n) is 3.30. The molecule has 17 heavy (non-hydrogen) atoms. The van der Waals surface area contributed by atoms with E-state index in [2.05, 4.69) is 10.3 Å². The molecule has 1 saturated carbocycles. The summed E-state index contributed by atoms with van der Waals surface area (Å²) >= 11 is 0. The van der Waals surface area contributed by atoms with Crippen LogP contribution in [0.4, 0.5) is 5.82 Å². The summed E-state index contributed by atoms with van der Waals surface area (Å²) in [5, 5.41) is 12.3. The van der Waals surface area contributed by atoms with Crippen molar-refractivity contribution in [2.75, 3.05) is 18.5 Å². The fraction of sp³-hybridized carbons (Fsp3) is 0.667. The van der Waals surface area contributed by atoms with Crippen molar-refractivity contribution >= 4 is 5.82 Å². The minimum Gasteiger partial charge on any atom is -0.396 e. The van der Waals surface area contributed by atoms with Crippen LogP contribution < -0.4 is 10.9 Å². The molecular weight excluding hydrogens is 218 g/mol. The van der Waals surface area contributed by atoms with Crippen LogP contribution in [0.1, 0.15) is 26.2 Å². The van der Waals surface area contributed by atoms with E-state index in [0.717, 1.165) is 19.3 Å². The standard InChI is InChI=1S/C12H19N3O2/c1-2-6-15-7-5-13-10(11(15)17)14-8-12(9-16)3-4-12/h5,7,16H,2-4,6,8-9H2,1H3,(H,13,14). The normalized spacial score (nSPS) is 16.8. The number of nitrogens with one attached hydrogen (secondary N) is 1. The molecule has 5 heteroatoms. The van der Waals surface area contributed by atoms with E-state index in [-0.39, 0.29) is 17.6 Å². The lowest BCUT2D eigenvalue weighted by Crippen LogP contribution is -2.27. The number of aryl methyl sites for hydroxylation is 1. The van der Waals surface area contributed by atoms with Gasteiger partial charge < -0.3 is 15.0 Å². The van der Waals surface area contributed by atoms with Crippen LogP contribution in [0.25, 0.3) is 0 Å². The van der Waals surface area contributed by atoms with E-state index in [1.54, 1.807) is 17.0 Å². The van der Waals surface area contributed by atoms with Crippen LogP contribution in [0.3, 0.4) is 0 Å². The van der Waals surface area contributed by atoms with E-state index < -0.39 is 0 Å². The molecule has 0 bridgehead atoms. The second kappa shape index (κ2) is 4.87. The van der Waals surface area contributed by atoms with E-state index >= 15 is 0 Å². The molecule has 94 valence electrons. The Labute approximate surface area is 100 Å². The molecule has 2 N–H and O–H groups in total. The second-order valence-corrected chi connectivity index (χ2v) is 4.79. The summed E-state index contributed by atoms with van der Waals surface area (Å²) in [6.07, 6.45) is 6.30. The van der Waals surface area contributed by atoms with E-state index in [9.17, 15) is 9.90 Å². The largest absolute Gasteiger partial charge is 0.396 e. The van der Waals surface area contributed by atoms with Crippen molar-refractivity contribution in [3.05, 3.63) is 22.7 Å². The number of rotatable bonds is 6. The quantitative estimate of drug-likeness (QED) is 0.769. The number of aliphatic hydroxyl groups is 1. The van der Waals surface area contributed by atoms with Crippen molar-refractivity contribution in [2.24, 2.45) is 5.41 Å². The first-order valence-electron chi connectivity index (χ1n) is 6.11. The van der Waals surface area contributed by atoms with Gasteiger partial charge in [-0.1, -0.05) is 6.92 Å². The number of hydrogen-bond donors (Lipinski definition) is 2. The Morgan fingerprint density at radius 2 is 2.35 bits per heavy atom. The Balaban J connectivity index is 2.05. The lowest BCUT2D eigenvalue weighted by molar-refractivity contribution is 0.219. The second-order valence-electron chi connectivity index (χ2n) is 4.79. The molecule has 1 fully saturated rings. The summed E-state index contributed by atoms with van der Waals surface area (Å²) in [4.78, 5) is 16.0. The lowest BCUT2D eigenvalue weighted by atomic mass is 10.1. The van der Waals surface area contributed by atoms with Crippen molar-refractivity contribution in [3.63, 3.8) is 0 Å². The summed E-state index contributed by atoms with van der Waals surface area (Å²) in [6.45, 7) is 3.55. The third-order valence-corrected chi connectivity index (χ3v) is 3.30. The van der Waals surface area contributed by atoms with E-state index in [1.807, 2.05) is 6.92 Å². The molecule has 1 aliphatic carbocycles. The first kappa shape index (κ1) is 12.1. The van der Waals surface area contributed by atoms with Gasteiger partial charge in [-0.2, -0.15) is 0 Å². The number of aromatic nitrogens is 2. The highest BCUT2D eigenvalue weighted by atomic mass is 16.3. The summed E-state index contributed by atoms with van der Waals surface area (Å²) in [5.74, 6) is 0.390. The maximum Gasteiger partial charge on any atom is 0.293 e. The van der Waals surface area contributed by atoms with Crippen LogP contribution in [0, 0.1) is 5.41 Å². The van der Waals surface area contributed by atoms with Crippen LogP contribution in [0.2, 0.25) is 0 Å². The Hall–Kier alpha value is -1.36. The van der Waals surface area contributed by atoms with E-state index in [0.29, 0.717) is 18.9 Å². The highest BCUT2D eigenvalue weighted by molar-refractivity contribution is 5.31. The van der Waals surface area contributed by atoms with Crippen molar-refractivity contribution < 1.29 is 5.11 Å². The maximum atomic E-state index is 12.0. The van der Waals surface area contributed by atoms with Gasteiger partial charge in [0.2, 0.25) is 0 Å². The molecule has 0 saturated heterocycles. The Kier molecular flexibility index (Phi) is 3.47. The van der Waals surface area contributed by atoms with Gasteiger partial charge in [-0.15, -0.1) is 0 Å². The molecule has 2 rings (SSSR count). The van der Waals surface area contributed by atoms with Gasteiger partial charge in [0.05, 0.1) is 6.61 Å². The number of hydrogen-bond acceptors (Lipinski definition) is 4. The van der Waals surface area contributed by atoms with Gasteiger partial charge >= 0.3 is 0 Å². The molecule has 0 radical (unpaired) electrons. The Bertz CT molecular complexity index is 438.